The number of carbonyl (C=O) groups excluding carboxylic acids is 5. The molecule has 27 heavy (non-hydrogen) atoms. The molecule has 150 valence electrons. The Morgan fingerprint density at radius 1 is 1.33 bits per heavy atom. The zero-order valence-corrected chi connectivity index (χ0v) is 15.9. The normalized spacial score (nSPS) is 24.6. The fourth-order valence-corrected chi connectivity index (χ4v) is 3.45. The van der Waals surface area contributed by atoms with Gasteiger partial charge in [0.2, 0.25) is 5.91 Å². The van der Waals surface area contributed by atoms with E-state index in [2.05, 4.69) is 10.6 Å². The van der Waals surface area contributed by atoms with Crippen LogP contribution in [-0.4, -0.2) is 78.9 Å². The van der Waals surface area contributed by atoms with Crippen LogP contribution in [0.4, 0.5) is 4.79 Å². The molecule has 10 nitrogen and oxygen atoms in total. The second-order valence-corrected chi connectivity index (χ2v) is 7.02. The summed E-state index contributed by atoms with van der Waals surface area (Å²) in [5.74, 6) is -2.21. The minimum Gasteiger partial charge on any atom is -0.454 e. The molecule has 1 aliphatic heterocycles. The number of rotatable bonds is 6. The van der Waals surface area contributed by atoms with E-state index >= 15 is 0 Å². The van der Waals surface area contributed by atoms with Crippen molar-refractivity contribution in [1.82, 2.24) is 20.4 Å². The number of nitrogens with one attached hydrogen (secondary N) is 2. The van der Waals surface area contributed by atoms with Crippen molar-refractivity contribution in [1.29, 1.82) is 0 Å². The van der Waals surface area contributed by atoms with E-state index in [0.717, 1.165) is 29.1 Å². The highest BCUT2D eigenvalue weighted by atomic mass is 16.5. The predicted octanol–water partition coefficient (Wildman–Crippen LogP) is -0.765. The minimum atomic E-state index is -0.945. The zero-order valence-electron chi connectivity index (χ0n) is 15.9. The predicted molar refractivity (Wildman–Crippen MR) is 93.3 cm³/mol. The lowest BCUT2D eigenvalue weighted by Crippen LogP contribution is -2.54. The van der Waals surface area contributed by atoms with E-state index in [-0.39, 0.29) is 18.4 Å². The van der Waals surface area contributed by atoms with Crippen molar-refractivity contribution in [3.05, 3.63) is 0 Å². The molecular formula is C17H26N4O6. The smallest absolute Gasteiger partial charge is 0.326 e. The van der Waals surface area contributed by atoms with E-state index in [9.17, 15) is 24.0 Å². The summed E-state index contributed by atoms with van der Waals surface area (Å²) in [4.78, 5) is 62.0. The van der Waals surface area contributed by atoms with Gasteiger partial charge in [-0.05, 0) is 18.8 Å². The van der Waals surface area contributed by atoms with Crippen molar-refractivity contribution in [2.24, 2.45) is 5.92 Å². The lowest BCUT2D eigenvalue weighted by Gasteiger charge is -2.36. The highest BCUT2D eigenvalue weighted by Gasteiger charge is 2.55. The third-order valence-corrected chi connectivity index (χ3v) is 5.23. The number of hydrogen-bond donors (Lipinski definition) is 2. The number of ether oxygens (including phenoxy) is 1. The van der Waals surface area contributed by atoms with Crippen LogP contribution in [0.25, 0.3) is 0 Å². The van der Waals surface area contributed by atoms with Crippen molar-refractivity contribution in [2.45, 2.75) is 38.1 Å². The third-order valence-electron chi connectivity index (χ3n) is 5.23. The molecule has 1 heterocycles. The van der Waals surface area contributed by atoms with Crippen LogP contribution in [0, 0.1) is 5.92 Å². The number of imide groups is 1. The average Bonchev–Trinajstić information content (AvgIpc) is 2.87. The Bertz CT molecular complexity index is 651. The molecule has 2 aliphatic rings. The molecule has 1 saturated heterocycles. The first-order chi connectivity index (χ1) is 12.7. The van der Waals surface area contributed by atoms with Gasteiger partial charge in [0.15, 0.2) is 6.61 Å². The van der Waals surface area contributed by atoms with Crippen LogP contribution >= 0.6 is 0 Å². The van der Waals surface area contributed by atoms with Gasteiger partial charge in [-0.25, -0.2) is 4.79 Å². The van der Waals surface area contributed by atoms with E-state index in [1.54, 1.807) is 0 Å². The average molecular weight is 382 g/mol. The highest BCUT2D eigenvalue weighted by molar-refractivity contribution is 6.09. The van der Waals surface area contributed by atoms with Gasteiger partial charge in [0, 0.05) is 14.1 Å². The van der Waals surface area contributed by atoms with Crippen LogP contribution in [0.2, 0.25) is 0 Å². The zero-order chi connectivity index (χ0) is 20.2. The fourth-order valence-electron chi connectivity index (χ4n) is 3.45. The minimum absolute atomic E-state index is 0.0105. The second-order valence-electron chi connectivity index (χ2n) is 7.02. The van der Waals surface area contributed by atoms with Gasteiger partial charge in [-0.15, -0.1) is 0 Å². The van der Waals surface area contributed by atoms with Crippen LogP contribution in [0.1, 0.15) is 32.6 Å². The molecule has 2 fully saturated rings. The summed E-state index contributed by atoms with van der Waals surface area (Å²) < 4.78 is 4.87. The Morgan fingerprint density at radius 2 is 2.04 bits per heavy atom. The van der Waals surface area contributed by atoms with Crippen molar-refractivity contribution in [2.75, 3.05) is 33.8 Å². The summed E-state index contributed by atoms with van der Waals surface area (Å²) in [6, 6.07) is -0.617. The number of amides is 5. The maximum Gasteiger partial charge on any atom is 0.326 e. The van der Waals surface area contributed by atoms with Crippen LogP contribution in [-0.2, 0) is 23.9 Å². The summed E-state index contributed by atoms with van der Waals surface area (Å²) >= 11 is 0. The standard InChI is InChI=1S/C17H26N4O6/c1-11-6-4-5-7-17(11)15(25)21(16(26)19-17)9-14(24)27-10-13(23)20(3)8-12(22)18-2/h11H,4-10H2,1-3H3,(H,18,22)(H,19,26)/t11-,17-/m1/s1. The molecule has 0 aromatic heterocycles. The molecule has 0 aromatic carbocycles. The topological polar surface area (TPSA) is 125 Å². The van der Waals surface area contributed by atoms with E-state index in [0.29, 0.717) is 6.42 Å². The molecule has 1 spiro atoms. The maximum atomic E-state index is 12.8. The molecule has 0 bridgehead atoms. The Balaban J connectivity index is 1.88. The lowest BCUT2D eigenvalue weighted by molar-refractivity contribution is -0.154. The largest absolute Gasteiger partial charge is 0.454 e. The van der Waals surface area contributed by atoms with Gasteiger partial charge in [0.25, 0.3) is 11.8 Å². The quantitative estimate of drug-likeness (QED) is 0.459. The first-order valence-electron chi connectivity index (χ1n) is 8.95. The number of esters is 1. The molecule has 1 aliphatic carbocycles. The number of likely N-dealkylation sites (N-methyl/N-ethyl adjacent to an activating group) is 2. The molecule has 0 unspecified atom stereocenters. The number of urea groups is 1. The highest BCUT2D eigenvalue weighted by Crippen LogP contribution is 2.38. The molecule has 10 heteroatoms. The Kier molecular flexibility index (Phi) is 6.40. The molecular weight excluding hydrogens is 356 g/mol. The summed E-state index contributed by atoms with van der Waals surface area (Å²) in [5.41, 5.74) is -0.945. The molecule has 2 rings (SSSR count). The Labute approximate surface area is 157 Å². The molecule has 0 radical (unpaired) electrons. The van der Waals surface area contributed by atoms with Gasteiger partial charge < -0.3 is 20.3 Å². The molecule has 1 saturated carbocycles. The van der Waals surface area contributed by atoms with Crippen LogP contribution in [0.15, 0.2) is 0 Å². The summed E-state index contributed by atoms with van der Waals surface area (Å²) in [6.07, 6.45) is 3.21. The first-order valence-corrected chi connectivity index (χ1v) is 8.95. The molecule has 5 amide bonds. The van der Waals surface area contributed by atoms with Gasteiger partial charge in [0.1, 0.15) is 12.1 Å². The van der Waals surface area contributed by atoms with E-state index in [1.165, 1.54) is 14.1 Å². The summed E-state index contributed by atoms with van der Waals surface area (Å²) in [5, 5.41) is 5.12. The van der Waals surface area contributed by atoms with Crippen LogP contribution in [0.3, 0.4) is 0 Å². The van der Waals surface area contributed by atoms with Gasteiger partial charge in [-0.2, -0.15) is 0 Å². The van der Waals surface area contributed by atoms with Crippen molar-refractivity contribution >= 4 is 29.7 Å². The number of carbonyl (C=O) groups is 5. The summed E-state index contributed by atoms with van der Waals surface area (Å²) in [6.45, 7) is 0.628. The van der Waals surface area contributed by atoms with Crippen molar-refractivity contribution in [3.63, 3.8) is 0 Å². The van der Waals surface area contributed by atoms with Gasteiger partial charge in [0.05, 0.1) is 6.54 Å². The SMILES string of the molecule is CNC(=O)CN(C)C(=O)COC(=O)CN1C(=O)N[C@@]2(CCCC[C@H]2C)C1=O. The van der Waals surface area contributed by atoms with Gasteiger partial charge in [-0.1, -0.05) is 19.8 Å². The summed E-state index contributed by atoms with van der Waals surface area (Å²) in [7, 11) is 2.84. The monoisotopic (exact) mass is 382 g/mol. The van der Waals surface area contributed by atoms with Crippen LogP contribution in [0.5, 0.6) is 0 Å². The van der Waals surface area contributed by atoms with E-state index in [1.807, 2.05) is 6.92 Å². The van der Waals surface area contributed by atoms with E-state index in [4.69, 9.17) is 4.74 Å². The molecule has 2 atom stereocenters. The Hall–Kier alpha value is -2.65. The number of nitrogens with zero attached hydrogens (tertiary/aromatic N) is 2. The fraction of sp³-hybridized carbons (Fsp3) is 0.706. The van der Waals surface area contributed by atoms with Crippen LogP contribution < -0.4 is 10.6 Å². The van der Waals surface area contributed by atoms with Crippen molar-refractivity contribution < 1.29 is 28.7 Å². The third kappa shape index (κ3) is 4.37. The molecule has 0 aromatic rings. The number of hydrogen-bond acceptors (Lipinski definition) is 6. The van der Waals surface area contributed by atoms with E-state index < -0.39 is 42.5 Å². The lowest BCUT2D eigenvalue weighted by atomic mass is 9.73. The van der Waals surface area contributed by atoms with Crippen molar-refractivity contribution in [3.8, 4) is 0 Å². The van der Waals surface area contributed by atoms with Gasteiger partial charge >= 0.3 is 12.0 Å². The second kappa shape index (κ2) is 8.36. The first kappa shape index (κ1) is 20.7. The maximum absolute atomic E-state index is 12.8. The molecule has 2 N–H and O–H groups in total. The van der Waals surface area contributed by atoms with Gasteiger partial charge in [-0.3, -0.25) is 24.1 Å². The Morgan fingerprint density at radius 3 is 2.67 bits per heavy atom.